The number of alkyl halides is 3. The fourth-order valence-electron chi connectivity index (χ4n) is 3.02. The molecular formula is C16H21F4N. The molecule has 1 aliphatic carbocycles. The fourth-order valence-corrected chi connectivity index (χ4v) is 3.02. The molecule has 0 bridgehead atoms. The highest BCUT2D eigenvalue weighted by molar-refractivity contribution is 5.26. The summed E-state index contributed by atoms with van der Waals surface area (Å²) in [5.41, 5.74) is 1.92. The van der Waals surface area contributed by atoms with E-state index in [1.807, 2.05) is 6.92 Å². The standard InChI is InChI=1S/C16H21F4N/c1-11-9-14(17)6-5-12(11)7-8-21-15-4-2-3-13(10-15)16(18,19)20/h5-6,9,13,15,21H,2-4,7-8,10H2,1H3. The molecule has 0 aliphatic heterocycles. The lowest BCUT2D eigenvalue weighted by molar-refractivity contribution is -0.183. The van der Waals surface area contributed by atoms with Crippen molar-refractivity contribution in [3.63, 3.8) is 0 Å². The van der Waals surface area contributed by atoms with Crippen LogP contribution in [0.5, 0.6) is 0 Å². The number of aryl methyl sites for hydroxylation is 1. The van der Waals surface area contributed by atoms with Gasteiger partial charge in [-0.25, -0.2) is 4.39 Å². The van der Waals surface area contributed by atoms with Crippen LogP contribution in [0.15, 0.2) is 18.2 Å². The quantitative estimate of drug-likeness (QED) is 0.814. The van der Waals surface area contributed by atoms with Gasteiger partial charge in [-0.15, -0.1) is 0 Å². The molecule has 1 fully saturated rings. The Hall–Kier alpha value is -1.10. The average molecular weight is 303 g/mol. The lowest BCUT2D eigenvalue weighted by atomic mass is 9.85. The van der Waals surface area contributed by atoms with E-state index in [2.05, 4.69) is 5.32 Å². The normalized spacial score (nSPS) is 23.3. The van der Waals surface area contributed by atoms with Gasteiger partial charge in [-0.1, -0.05) is 12.5 Å². The van der Waals surface area contributed by atoms with E-state index in [1.54, 1.807) is 6.07 Å². The van der Waals surface area contributed by atoms with Gasteiger partial charge in [-0.3, -0.25) is 0 Å². The summed E-state index contributed by atoms with van der Waals surface area (Å²) in [4.78, 5) is 0. The van der Waals surface area contributed by atoms with Crippen LogP contribution in [0, 0.1) is 18.7 Å². The van der Waals surface area contributed by atoms with Crippen LogP contribution in [0.4, 0.5) is 17.6 Å². The summed E-state index contributed by atoms with van der Waals surface area (Å²) < 4.78 is 51.2. The minimum absolute atomic E-state index is 0.0638. The first-order chi connectivity index (χ1) is 9.86. The predicted octanol–water partition coefficient (Wildman–Crippen LogP) is 4.39. The Bertz CT molecular complexity index is 470. The SMILES string of the molecule is Cc1cc(F)ccc1CCNC1CCCC(C(F)(F)F)C1. The van der Waals surface area contributed by atoms with Gasteiger partial charge in [-0.05, 0) is 62.4 Å². The number of hydrogen-bond donors (Lipinski definition) is 1. The lowest BCUT2D eigenvalue weighted by Crippen LogP contribution is -2.39. The van der Waals surface area contributed by atoms with Crippen LogP contribution in [-0.2, 0) is 6.42 Å². The maximum atomic E-state index is 13.0. The molecule has 0 heterocycles. The van der Waals surface area contributed by atoms with Crippen molar-refractivity contribution in [3.05, 3.63) is 35.1 Å². The second kappa shape index (κ2) is 6.77. The smallest absolute Gasteiger partial charge is 0.314 e. The molecule has 2 rings (SSSR count). The van der Waals surface area contributed by atoms with Gasteiger partial charge < -0.3 is 5.32 Å². The summed E-state index contributed by atoms with van der Waals surface area (Å²) in [5.74, 6) is -1.43. The molecule has 2 atom stereocenters. The zero-order chi connectivity index (χ0) is 15.5. The summed E-state index contributed by atoms with van der Waals surface area (Å²) in [5, 5.41) is 3.22. The summed E-state index contributed by atoms with van der Waals surface area (Å²) >= 11 is 0. The molecule has 1 aromatic rings. The lowest BCUT2D eigenvalue weighted by Gasteiger charge is -2.31. The third kappa shape index (κ3) is 4.70. The van der Waals surface area contributed by atoms with Crippen LogP contribution < -0.4 is 5.32 Å². The Labute approximate surface area is 122 Å². The minimum Gasteiger partial charge on any atom is -0.314 e. The predicted molar refractivity (Wildman–Crippen MR) is 74.6 cm³/mol. The van der Waals surface area contributed by atoms with E-state index in [0.717, 1.165) is 17.5 Å². The van der Waals surface area contributed by atoms with E-state index in [-0.39, 0.29) is 24.7 Å². The van der Waals surface area contributed by atoms with E-state index >= 15 is 0 Å². The van der Waals surface area contributed by atoms with Crippen molar-refractivity contribution in [2.24, 2.45) is 5.92 Å². The second-order valence-corrected chi connectivity index (χ2v) is 5.88. The van der Waals surface area contributed by atoms with Gasteiger partial charge in [0, 0.05) is 6.04 Å². The molecule has 2 unspecified atom stereocenters. The number of halogens is 4. The topological polar surface area (TPSA) is 12.0 Å². The van der Waals surface area contributed by atoms with Crippen molar-refractivity contribution in [1.29, 1.82) is 0 Å². The van der Waals surface area contributed by atoms with Crippen molar-refractivity contribution in [2.45, 2.75) is 51.2 Å². The molecule has 118 valence electrons. The molecule has 0 aromatic heterocycles. The Balaban J connectivity index is 1.80. The molecule has 5 heteroatoms. The Morgan fingerprint density at radius 2 is 2.00 bits per heavy atom. The van der Waals surface area contributed by atoms with Crippen LogP contribution in [0.3, 0.4) is 0 Å². The summed E-state index contributed by atoms with van der Waals surface area (Å²) in [6.07, 6.45) is -1.52. The second-order valence-electron chi connectivity index (χ2n) is 5.88. The molecule has 1 aromatic carbocycles. The summed E-state index contributed by atoms with van der Waals surface area (Å²) in [6, 6.07) is 4.58. The number of hydrogen-bond acceptors (Lipinski definition) is 1. The van der Waals surface area contributed by atoms with E-state index < -0.39 is 12.1 Å². The van der Waals surface area contributed by atoms with Crippen molar-refractivity contribution >= 4 is 0 Å². The van der Waals surface area contributed by atoms with E-state index in [0.29, 0.717) is 19.4 Å². The number of benzene rings is 1. The molecule has 0 saturated heterocycles. The van der Waals surface area contributed by atoms with Crippen molar-refractivity contribution in [3.8, 4) is 0 Å². The van der Waals surface area contributed by atoms with Crippen LogP contribution in [0.2, 0.25) is 0 Å². The van der Waals surface area contributed by atoms with Crippen LogP contribution in [0.1, 0.15) is 36.8 Å². The molecule has 0 amide bonds. The molecular weight excluding hydrogens is 282 g/mol. The number of nitrogens with one attached hydrogen (secondary N) is 1. The molecule has 1 nitrogen and oxygen atoms in total. The zero-order valence-electron chi connectivity index (χ0n) is 12.1. The molecule has 21 heavy (non-hydrogen) atoms. The Kier molecular flexibility index (Phi) is 5.25. The van der Waals surface area contributed by atoms with Gasteiger partial charge in [0.2, 0.25) is 0 Å². The Morgan fingerprint density at radius 3 is 2.67 bits per heavy atom. The largest absolute Gasteiger partial charge is 0.391 e. The fraction of sp³-hybridized carbons (Fsp3) is 0.625. The molecule has 0 radical (unpaired) electrons. The van der Waals surface area contributed by atoms with E-state index in [1.165, 1.54) is 12.1 Å². The molecule has 1 N–H and O–H groups in total. The van der Waals surface area contributed by atoms with Gasteiger partial charge in [0.25, 0.3) is 0 Å². The first kappa shape index (κ1) is 16.3. The van der Waals surface area contributed by atoms with Crippen molar-refractivity contribution in [2.75, 3.05) is 6.54 Å². The highest BCUT2D eigenvalue weighted by atomic mass is 19.4. The zero-order valence-corrected chi connectivity index (χ0v) is 12.1. The number of rotatable bonds is 4. The first-order valence-corrected chi connectivity index (χ1v) is 7.41. The van der Waals surface area contributed by atoms with Crippen LogP contribution >= 0.6 is 0 Å². The third-order valence-electron chi connectivity index (χ3n) is 4.27. The van der Waals surface area contributed by atoms with Crippen LogP contribution in [0.25, 0.3) is 0 Å². The Morgan fingerprint density at radius 1 is 1.24 bits per heavy atom. The minimum atomic E-state index is -4.08. The van der Waals surface area contributed by atoms with Gasteiger partial charge >= 0.3 is 6.18 Å². The maximum Gasteiger partial charge on any atom is 0.391 e. The monoisotopic (exact) mass is 303 g/mol. The van der Waals surface area contributed by atoms with Gasteiger partial charge in [0.05, 0.1) is 5.92 Å². The summed E-state index contributed by atoms with van der Waals surface area (Å²) in [7, 11) is 0. The molecule has 1 aliphatic rings. The van der Waals surface area contributed by atoms with E-state index in [4.69, 9.17) is 0 Å². The van der Waals surface area contributed by atoms with Crippen LogP contribution in [-0.4, -0.2) is 18.8 Å². The highest BCUT2D eigenvalue weighted by Gasteiger charge is 2.41. The highest BCUT2D eigenvalue weighted by Crippen LogP contribution is 2.37. The first-order valence-electron chi connectivity index (χ1n) is 7.41. The average Bonchev–Trinajstić information content (AvgIpc) is 2.41. The van der Waals surface area contributed by atoms with Gasteiger partial charge in [0.1, 0.15) is 5.82 Å². The van der Waals surface area contributed by atoms with Crippen molar-refractivity contribution < 1.29 is 17.6 Å². The third-order valence-corrected chi connectivity index (χ3v) is 4.27. The van der Waals surface area contributed by atoms with Crippen molar-refractivity contribution in [1.82, 2.24) is 5.32 Å². The van der Waals surface area contributed by atoms with Gasteiger partial charge in [-0.2, -0.15) is 13.2 Å². The van der Waals surface area contributed by atoms with Gasteiger partial charge in [0.15, 0.2) is 0 Å². The molecule has 0 spiro atoms. The summed E-state index contributed by atoms with van der Waals surface area (Å²) in [6.45, 7) is 2.47. The maximum absolute atomic E-state index is 13.0. The molecule has 1 saturated carbocycles. The van der Waals surface area contributed by atoms with E-state index in [9.17, 15) is 17.6 Å².